The second kappa shape index (κ2) is 9.76. The Morgan fingerprint density at radius 2 is 2.17 bits per heavy atom. The van der Waals surface area contributed by atoms with Gasteiger partial charge in [0.1, 0.15) is 5.01 Å². The number of rotatable bonds is 5. The Bertz CT molecular complexity index is 675. The minimum absolute atomic E-state index is 0. The van der Waals surface area contributed by atoms with Crippen LogP contribution in [0.5, 0.6) is 0 Å². The lowest BCUT2D eigenvalue weighted by atomic mass is 10.4. The Morgan fingerprint density at radius 1 is 1.46 bits per heavy atom. The van der Waals surface area contributed by atoms with Crippen LogP contribution in [-0.2, 0) is 20.1 Å². The molecular weight excluding hydrogens is 501 g/mol. The first-order valence-electron chi connectivity index (χ1n) is 7.63. The molecule has 0 saturated carbocycles. The van der Waals surface area contributed by atoms with Crippen molar-refractivity contribution in [3.63, 3.8) is 0 Å². The molecule has 0 aromatic carbocycles. The molecule has 0 fully saturated rings. The maximum absolute atomic E-state index is 4.73. The highest BCUT2D eigenvalue weighted by molar-refractivity contribution is 14.0. The molecule has 5 nitrogen and oxygen atoms in total. The summed E-state index contributed by atoms with van der Waals surface area (Å²) < 4.78 is 3.22. The summed E-state index contributed by atoms with van der Waals surface area (Å²) in [4.78, 5) is 12.7. The van der Waals surface area contributed by atoms with Crippen molar-refractivity contribution in [1.82, 2.24) is 19.8 Å². The molecule has 0 aliphatic heterocycles. The summed E-state index contributed by atoms with van der Waals surface area (Å²) >= 11 is 5.24. The number of thiazole rings is 1. The summed E-state index contributed by atoms with van der Waals surface area (Å²) in [5.41, 5.74) is 2.33. The number of hydrogen-bond donors (Lipinski definition) is 1. The third kappa shape index (κ3) is 5.73. The second-order valence-electron chi connectivity index (χ2n) is 5.54. The number of aliphatic imine (C=N–C) groups is 1. The van der Waals surface area contributed by atoms with Crippen LogP contribution in [0.1, 0.15) is 28.2 Å². The Hall–Kier alpha value is -0.610. The topological polar surface area (TPSA) is 45.5 Å². The van der Waals surface area contributed by atoms with E-state index in [2.05, 4.69) is 75.9 Å². The molecule has 0 unspecified atom stereocenters. The molecule has 8 heteroatoms. The van der Waals surface area contributed by atoms with Crippen LogP contribution in [-0.4, -0.2) is 34.0 Å². The average molecular weight is 526 g/mol. The highest BCUT2D eigenvalue weighted by Crippen LogP contribution is 2.18. The zero-order chi connectivity index (χ0) is 17.0. The van der Waals surface area contributed by atoms with Gasteiger partial charge in [0.05, 0.1) is 18.8 Å². The van der Waals surface area contributed by atoms with Crippen molar-refractivity contribution in [2.45, 2.75) is 33.9 Å². The predicted molar refractivity (Wildman–Crippen MR) is 116 cm³/mol. The molecule has 0 radical (unpaired) electrons. The fourth-order valence-corrected chi connectivity index (χ4v) is 3.69. The maximum atomic E-state index is 4.73. The quantitative estimate of drug-likeness (QED) is 0.363. The first-order valence-corrected chi connectivity index (χ1v) is 9.24. The van der Waals surface area contributed by atoms with Gasteiger partial charge in [-0.3, -0.25) is 0 Å². The van der Waals surface area contributed by atoms with Gasteiger partial charge in [0.15, 0.2) is 5.96 Å². The van der Waals surface area contributed by atoms with E-state index in [0.717, 1.165) is 34.2 Å². The second-order valence-corrected chi connectivity index (χ2v) is 7.74. The van der Waals surface area contributed by atoms with E-state index in [1.54, 1.807) is 11.3 Å². The van der Waals surface area contributed by atoms with Crippen LogP contribution in [0.2, 0.25) is 0 Å². The van der Waals surface area contributed by atoms with E-state index in [4.69, 9.17) is 4.99 Å². The number of nitrogens with one attached hydrogen (secondary N) is 1. The minimum Gasteiger partial charge on any atom is -0.357 e. The van der Waals surface area contributed by atoms with Crippen molar-refractivity contribution >= 4 is 57.2 Å². The lowest BCUT2D eigenvalue weighted by Gasteiger charge is -2.22. The van der Waals surface area contributed by atoms with Gasteiger partial charge in [-0.25, -0.2) is 9.98 Å². The van der Waals surface area contributed by atoms with E-state index in [9.17, 15) is 0 Å². The van der Waals surface area contributed by atoms with Gasteiger partial charge in [0.25, 0.3) is 0 Å². The van der Waals surface area contributed by atoms with Crippen LogP contribution in [0, 0.1) is 13.8 Å². The zero-order valence-electron chi connectivity index (χ0n) is 14.8. The highest BCUT2D eigenvalue weighted by atomic mass is 127. The van der Waals surface area contributed by atoms with Gasteiger partial charge in [0.2, 0.25) is 0 Å². The number of halogens is 2. The minimum atomic E-state index is 0. The number of hydrogen-bond acceptors (Lipinski definition) is 3. The van der Waals surface area contributed by atoms with Gasteiger partial charge >= 0.3 is 0 Å². The summed E-state index contributed by atoms with van der Waals surface area (Å²) in [6, 6.07) is 2.13. The predicted octanol–water partition coefficient (Wildman–Crippen LogP) is 4.08. The van der Waals surface area contributed by atoms with Crippen molar-refractivity contribution < 1.29 is 0 Å². The zero-order valence-corrected chi connectivity index (χ0v) is 19.5. The normalized spacial score (nSPS) is 11.3. The standard InChI is InChI=1S/C16H24BrN5S.HI/c1-6-18-16(19-8-15-20-11(2)12(3)23-15)22(5)10-14-7-13(17)9-21(14)4;/h7,9H,6,8,10H2,1-5H3,(H,18,19);1H. The van der Waals surface area contributed by atoms with E-state index in [1.165, 1.54) is 10.6 Å². The molecule has 24 heavy (non-hydrogen) atoms. The van der Waals surface area contributed by atoms with Crippen LogP contribution >= 0.6 is 51.2 Å². The van der Waals surface area contributed by atoms with Crippen LogP contribution < -0.4 is 5.32 Å². The van der Waals surface area contributed by atoms with E-state index < -0.39 is 0 Å². The third-order valence-corrected chi connectivity index (χ3v) is 5.10. The molecule has 2 aromatic heterocycles. The van der Waals surface area contributed by atoms with Gasteiger partial charge in [-0.05, 0) is 42.8 Å². The van der Waals surface area contributed by atoms with Crippen molar-refractivity contribution in [3.8, 4) is 0 Å². The van der Waals surface area contributed by atoms with E-state index >= 15 is 0 Å². The molecule has 0 aliphatic rings. The summed E-state index contributed by atoms with van der Waals surface area (Å²) in [6.45, 7) is 8.48. The average Bonchev–Trinajstić information content (AvgIpc) is 2.97. The van der Waals surface area contributed by atoms with E-state index in [-0.39, 0.29) is 24.0 Å². The Labute approximate surface area is 173 Å². The van der Waals surface area contributed by atoms with Gasteiger partial charge < -0.3 is 14.8 Å². The van der Waals surface area contributed by atoms with Crippen molar-refractivity contribution in [2.75, 3.05) is 13.6 Å². The van der Waals surface area contributed by atoms with Crippen LogP contribution in [0.25, 0.3) is 0 Å². The van der Waals surface area contributed by atoms with Gasteiger partial charge in [0, 0.05) is 41.9 Å². The molecule has 0 spiro atoms. The molecule has 0 atom stereocenters. The molecular formula is C16H25BrIN5S. The Balaban J connectivity index is 0.00000288. The van der Waals surface area contributed by atoms with Crippen LogP contribution in [0.4, 0.5) is 0 Å². The Morgan fingerprint density at radius 3 is 2.67 bits per heavy atom. The smallest absolute Gasteiger partial charge is 0.194 e. The van der Waals surface area contributed by atoms with Crippen molar-refractivity contribution in [2.24, 2.45) is 12.0 Å². The van der Waals surface area contributed by atoms with Crippen LogP contribution in [0.3, 0.4) is 0 Å². The maximum Gasteiger partial charge on any atom is 0.194 e. The highest BCUT2D eigenvalue weighted by Gasteiger charge is 2.10. The monoisotopic (exact) mass is 525 g/mol. The third-order valence-electron chi connectivity index (χ3n) is 3.61. The Kier molecular flexibility index (Phi) is 8.72. The molecule has 1 N–H and O–H groups in total. The number of guanidine groups is 1. The van der Waals surface area contributed by atoms with E-state index in [1.807, 2.05) is 6.92 Å². The number of aryl methyl sites for hydroxylation is 3. The van der Waals surface area contributed by atoms with Crippen molar-refractivity contribution in [3.05, 3.63) is 38.0 Å². The van der Waals surface area contributed by atoms with Gasteiger partial charge in [-0.2, -0.15) is 0 Å². The number of aromatic nitrogens is 2. The lowest BCUT2D eigenvalue weighted by molar-refractivity contribution is 0.462. The summed E-state index contributed by atoms with van der Waals surface area (Å²) in [7, 11) is 4.11. The van der Waals surface area contributed by atoms with Crippen molar-refractivity contribution in [1.29, 1.82) is 0 Å². The summed E-state index contributed by atoms with van der Waals surface area (Å²) in [5, 5.41) is 4.41. The van der Waals surface area contributed by atoms with Crippen LogP contribution in [0.15, 0.2) is 21.7 Å². The molecule has 2 rings (SSSR count). The molecule has 2 aromatic rings. The lowest BCUT2D eigenvalue weighted by Crippen LogP contribution is -2.38. The SMILES string of the molecule is CCNC(=NCc1nc(C)c(C)s1)N(C)Cc1cc(Br)cn1C.I. The molecule has 0 amide bonds. The summed E-state index contributed by atoms with van der Waals surface area (Å²) in [5.74, 6) is 0.898. The van der Waals surface area contributed by atoms with E-state index in [0.29, 0.717) is 6.54 Å². The molecule has 0 saturated heterocycles. The first kappa shape index (κ1) is 21.4. The van der Waals surface area contributed by atoms with Gasteiger partial charge in [-0.15, -0.1) is 35.3 Å². The molecule has 2 heterocycles. The molecule has 0 aliphatic carbocycles. The fraction of sp³-hybridized carbons (Fsp3) is 0.500. The van der Waals surface area contributed by atoms with Gasteiger partial charge in [-0.1, -0.05) is 0 Å². The molecule has 134 valence electrons. The number of nitrogens with zero attached hydrogens (tertiary/aromatic N) is 4. The largest absolute Gasteiger partial charge is 0.357 e. The molecule has 0 bridgehead atoms. The fourth-order valence-electron chi connectivity index (χ4n) is 2.26. The first-order chi connectivity index (χ1) is 10.9. The summed E-state index contributed by atoms with van der Waals surface area (Å²) in [6.07, 6.45) is 2.06.